The van der Waals surface area contributed by atoms with E-state index in [0.29, 0.717) is 16.7 Å². The molecule has 3 heteroatoms. The first-order valence-electron chi connectivity index (χ1n) is 7.08. The Balaban J connectivity index is 2.42. The molecule has 0 N–H and O–H groups in total. The smallest absolute Gasteiger partial charge is 0.235 e. The van der Waals surface area contributed by atoms with Crippen molar-refractivity contribution in [2.45, 2.75) is 6.92 Å². The zero-order chi connectivity index (χ0) is 15.5. The molecule has 0 saturated heterocycles. The van der Waals surface area contributed by atoms with Crippen molar-refractivity contribution in [3.8, 4) is 17.1 Å². The van der Waals surface area contributed by atoms with Gasteiger partial charge in [-0.2, -0.15) is 0 Å². The van der Waals surface area contributed by atoms with Gasteiger partial charge in [0, 0.05) is 11.1 Å². The molecule has 0 fully saturated rings. The second-order valence-electron chi connectivity index (χ2n) is 4.88. The lowest BCUT2D eigenvalue weighted by atomic mass is 10.1. The molecule has 0 aliphatic rings. The second-order valence-corrected chi connectivity index (χ2v) is 4.88. The summed E-state index contributed by atoms with van der Waals surface area (Å²) in [5.74, 6) is 0.689. The van der Waals surface area contributed by atoms with Crippen LogP contribution in [0.4, 0.5) is 0 Å². The molecule has 110 valence electrons. The molecule has 0 aliphatic heterocycles. The van der Waals surface area contributed by atoms with Crippen molar-refractivity contribution in [1.82, 2.24) is 0 Å². The quantitative estimate of drug-likeness (QED) is 0.713. The fourth-order valence-electron chi connectivity index (χ4n) is 2.50. The average molecular weight is 292 g/mol. The molecule has 22 heavy (non-hydrogen) atoms. The highest BCUT2D eigenvalue weighted by Gasteiger charge is 2.17. The number of allylic oxidation sites excluding steroid dienone is 1. The Morgan fingerprint density at radius 3 is 2.50 bits per heavy atom. The molecular weight excluding hydrogens is 276 g/mol. The summed E-state index contributed by atoms with van der Waals surface area (Å²) in [5.41, 5.74) is 2.10. The SMILES string of the molecule is CC=Cc1cccc2c(=O)c(OC)c(-c3ccccc3)oc12. The van der Waals surface area contributed by atoms with E-state index in [0.717, 1.165) is 11.1 Å². The molecule has 2 aromatic carbocycles. The van der Waals surface area contributed by atoms with Crippen molar-refractivity contribution in [3.63, 3.8) is 0 Å². The van der Waals surface area contributed by atoms with Crippen LogP contribution in [0.3, 0.4) is 0 Å². The van der Waals surface area contributed by atoms with Gasteiger partial charge >= 0.3 is 0 Å². The van der Waals surface area contributed by atoms with Gasteiger partial charge in [-0.25, -0.2) is 0 Å². The van der Waals surface area contributed by atoms with Gasteiger partial charge in [-0.3, -0.25) is 4.79 Å². The maximum atomic E-state index is 12.7. The minimum atomic E-state index is -0.158. The summed E-state index contributed by atoms with van der Waals surface area (Å²) in [6, 6.07) is 15.0. The van der Waals surface area contributed by atoms with E-state index in [1.807, 2.05) is 61.5 Å². The first-order chi connectivity index (χ1) is 10.8. The van der Waals surface area contributed by atoms with Gasteiger partial charge in [0.15, 0.2) is 5.76 Å². The first kappa shape index (κ1) is 14.1. The minimum absolute atomic E-state index is 0.158. The molecule has 0 atom stereocenters. The maximum absolute atomic E-state index is 12.7. The standard InChI is InChI=1S/C19H16O3/c1-3-8-13-11-7-12-15-16(20)19(21-2)18(22-17(13)15)14-9-5-4-6-10-14/h3-12H,1-2H3. The lowest BCUT2D eigenvalue weighted by molar-refractivity contribution is 0.398. The number of fused-ring (bicyclic) bond motifs is 1. The molecule has 1 heterocycles. The van der Waals surface area contributed by atoms with Gasteiger partial charge in [-0.05, 0) is 13.0 Å². The Morgan fingerprint density at radius 1 is 1.05 bits per heavy atom. The maximum Gasteiger partial charge on any atom is 0.235 e. The van der Waals surface area contributed by atoms with Gasteiger partial charge < -0.3 is 9.15 Å². The van der Waals surface area contributed by atoms with Crippen molar-refractivity contribution in [1.29, 1.82) is 0 Å². The van der Waals surface area contributed by atoms with E-state index in [-0.39, 0.29) is 11.2 Å². The van der Waals surface area contributed by atoms with Crippen LogP contribution >= 0.6 is 0 Å². The van der Waals surface area contributed by atoms with E-state index >= 15 is 0 Å². The van der Waals surface area contributed by atoms with Crippen molar-refractivity contribution < 1.29 is 9.15 Å². The van der Waals surface area contributed by atoms with Gasteiger partial charge in [-0.15, -0.1) is 0 Å². The van der Waals surface area contributed by atoms with Crippen LogP contribution in [0.2, 0.25) is 0 Å². The number of para-hydroxylation sites is 1. The second kappa shape index (κ2) is 5.90. The number of rotatable bonds is 3. The van der Waals surface area contributed by atoms with Crippen LogP contribution in [0.1, 0.15) is 12.5 Å². The van der Waals surface area contributed by atoms with Crippen LogP contribution < -0.4 is 10.2 Å². The molecule has 1 aromatic heterocycles. The summed E-state index contributed by atoms with van der Waals surface area (Å²) in [5, 5.41) is 0.520. The Hall–Kier alpha value is -2.81. The zero-order valence-electron chi connectivity index (χ0n) is 12.5. The highest BCUT2D eigenvalue weighted by atomic mass is 16.5. The summed E-state index contributed by atoms with van der Waals surface area (Å²) < 4.78 is 11.4. The molecule has 0 unspecified atom stereocenters. The highest BCUT2D eigenvalue weighted by molar-refractivity contribution is 5.88. The van der Waals surface area contributed by atoms with E-state index in [1.54, 1.807) is 6.07 Å². The Bertz CT molecular complexity index is 890. The summed E-state index contributed by atoms with van der Waals surface area (Å²) in [4.78, 5) is 12.7. The fourth-order valence-corrected chi connectivity index (χ4v) is 2.50. The fraction of sp³-hybridized carbons (Fsp3) is 0.105. The highest BCUT2D eigenvalue weighted by Crippen LogP contribution is 2.31. The molecule has 0 spiro atoms. The van der Waals surface area contributed by atoms with E-state index < -0.39 is 0 Å². The zero-order valence-corrected chi connectivity index (χ0v) is 12.5. The molecule has 0 saturated carbocycles. The van der Waals surface area contributed by atoms with Crippen LogP contribution in [-0.2, 0) is 0 Å². The molecule has 3 rings (SSSR count). The van der Waals surface area contributed by atoms with E-state index in [4.69, 9.17) is 9.15 Å². The predicted octanol–water partition coefficient (Wildman–Crippen LogP) is 4.50. The first-order valence-corrected chi connectivity index (χ1v) is 7.08. The largest absolute Gasteiger partial charge is 0.490 e. The van der Waals surface area contributed by atoms with Crippen molar-refractivity contribution >= 4 is 17.0 Å². The Morgan fingerprint density at radius 2 is 1.82 bits per heavy atom. The number of benzene rings is 2. The van der Waals surface area contributed by atoms with Gasteiger partial charge in [0.25, 0.3) is 0 Å². The van der Waals surface area contributed by atoms with Crippen LogP contribution in [0.15, 0.2) is 63.8 Å². The minimum Gasteiger partial charge on any atom is -0.490 e. The summed E-state index contributed by atoms with van der Waals surface area (Å²) >= 11 is 0. The van der Waals surface area contributed by atoms with Gasteiger partial charge in [-0.1, -0.05) is 54.6 Å². The monoisotopic (exact) mass is 292 g/mol. The van der Waals surface area contributed by atoms with Crippen molar-refractivity contribution in [2.24, 2.45) is 0 Å². The lowest BCUT2D eigenvalue weighted by Crippen LogP contribution is -2.08. The molecule has 0 bridgehead atoms. The van der Waals surface area contributed by atoms with E-state index in [2.05, 4.69) is 0 Å². The topological polar surface area (TPSA) is 39.4 Å². The van der Waals surface area contributed by atoms with Crippen LogP contribution in [0, 0.1) is 0 Å². The predicted molar refractivity (Wildman–Crippen MR) is 89.2 cm³/mol. The van der Waals surface area contributed by atoms with Crippen molar-refractivity contribution in [3.05, 3.63) is 70.4 Å². The number of ether oxygens (including phenoxy) is 1. The molecule has 0 amide bonds. The third-order valence-electron chi connectivity index (χ3n) is 3.49. The number of methoxy groups -OCH3 is 1. The van der Waals surface area contributed by atoms with E-state index in [1.165, 1.54) is 7.11 Å². The number of hydrogen-bond donors (Lipinski definition) is 0. The molecular formula is C19H16O3. The Kier molecular flexibility index (Phi) is 3.79. The van der Waals surface area contributed by atoms with Gasteiger partial charge in [0.2, 0.25) is 11.2 Å². The Labute approximate surface area is 128 Å². The van der Waals surface area contributed by atoms with Gasteiger partial charge in [0.05, 0.1) is 12.5 Å². The molecule has 3 nitrogen and oxygen atoms in total. The third kappa shape index (κ3) is 2.31. The molecule has 3 aromatic rings. The summed E-state index contributed by atoms with van der Waals surface area (Å²) in [7, 11) is 1.49. The van der Waals surface area contributed by atoms with Crippen LogP contribution in [-0.4, -0.2) is 7.11 Å². The summed E-state index contributed by atoms with van der Waals surface area (Å²) in [6.07, 6.45) is 3.84. The molecule has 0 aliphatic carbocycles. The van der Waals surface area contributed by atoms with Gasteiger partial charge in [0.1, 0.15) is 5.58 Å². The van der Waals surface area contributed by atoms with Crippen LogP contribution in [0.5, 0.6) is 5.75 Å². The average Bonchev–Trinajstić information content (AvgIpc) is 2.56. The lowest BCUT2D eigenvalue weighted by Gasteiger charge is -2.10. The number of hydrogen-bond acceptors (Lipinski definition) is 3. The summed E-state index contributed by atoms with van der Waals surface area (Å²) in [6.45, 7) is 1.93. The normalized spacial score (nSPS) is 11.2. The third-order valence-corrected chi connectivity index (χ3v) is 3.49. The van der Waals surface area contributed by atoms with E-state index in [9.17, 15) is 4.79 Å². The van der Waals surface area contributed by atoms with Crippen LogP contribution in [0.25, 0.3) is 28.4 Å². The molecule has 0 radical (unpaired) electrons. The van der Waals surface area contributed by atoms with Crippen molar-refractivity contribution in [2.75, 3.05) is 7.11 Å².